The molecule has 4 rings (SSSR count). The van der Waals surface area contributed by atoms with Gasteiger partial charge in [-0.3, -0.25) is 0 Å². The van der Waals surface area contributed by atoms with Gasteiger partial charge in [0.2, 0.25) is 15.9 Å². The predicted molar refractivity (Wildman–Crippen MR) is 146 cm³/mol. The molecule has 1 N–H and O–H groups in total. The van der Waals surface area contributed by atoms with Crippen LogP contribution in [0.15, 0.2) is 78.9 Å². The van der Waals surface area contributed by atoms with E-state index in [4.69, 9.17) is 9.84 Å². The second-order valence-electron chi connectivity index (χ2n) is 10.0. The van der Waals surface area contributed by atoms with Crippen LogP contribution in [0.3, 0.4) is 0 Å². The molecule has 0 saturated carbocycles. The van der Waals surface area contributed by atoms with Crippen LogP contribution in [-0.2, 0) is 28.3 Å². The fourth-order valence-electron chi connectivity index (χ4n) is 4.41. The molecule has 42 heavy (non-hydrogen) atoms. The molecule has 0 unspecified atom stereocenters. The number of hydrogen-bond donors (Lipinski definition) is 1. The summed E-state index contributed by atoms with van der Waals surface area (Å²) in [6.45, 7) is 5.03. The SMILES string of the molecule is CCn1nc(-c2cccc(C(C)(C)NS(=O)(=O)CC(F)(F)F)c2)c(-c2ccccc2)c1Oc1ccc(C(F)(F)F)cc1. The summed E-state index contributed by atoms with van der Waals surface area (Å²) in [7, 11) is -4.71. The van der Waals surface area contributed by atoms with Crippen LogP contribution in [0.2, 0.25) is 0 Å². The monoisotopic (exact) mass is 611 g/mol. The van der Waals surface area contributed by atoms with Crippen molar-refractivity contribution in [3.8, 4) is 34.0 Å². The molecule has 0 amide bonds. The summed E-state index contributed by atoms with van der Waals surface area (Å²) in [5.74, 6) is -1.61. The number of nitrogens with one attached hydrogen (secondary N) is 1. The van der Waals surface area contributed by atoms with Gasteiger partial charge in [-0.2, -0.15) is 31.4 Å². The lowest BCUT2D eigenvalue weighted by Crippen LogP contribution is -2.44. The summed E-state index contributed by atoms with van der Waals surface area (Å²) in [4.78, 5) is 0. The first-order valence-corrected chi connectivity index (χ1v) is 14.3. The van der Waals surface area contributed by atoms with Gasteiger partial charge in [-0.05, 0) is 62.2 Å². The van der Waals surface area contributed by atoms with Gasteiger partial charge in [-0.1, -0.05) is 48.5 Å². The van der Waals surface area contributed by atoms with Gasteiger partial charge in [-0.25, -0.2) is 17.8 Å². The maximum absolute atomic E-state index is 13.1. The summed E-state index contributed by atoms with van der Waals surface area (Å²) in [6.07, 6.45) is -9.42. The van der Waals surface area contributed by atoms with Crippen LogP contribution < -0.4 is 9.46 Å². The van der Waals surface area contributed by atoms with Gasteiger partial charge < -0.3 is 4.74 Å². The highest BCUT2D eigenvalue weighted by atomic mass is 32.2. The maximum Gasteiger partial charge on any atom is 0.416 e. The number of sulfonamides is 1. The Labute approximate surface area is 239 Å². The molecule has 0 spiro atoms. The standard InChI is InChI=1S/C29H27F6N3O3S/c1-4-38-26(41-23-15-13-21(14-16-23)29(33,34)35)24(19-9-6-5-7-10-19)25(36-38)20-11-8-12-22(17-20)27(2,3)37-42(39,40)18-28(30,31)32/h5-17,37H,4,18H2,1-3H3. The van der Waals surface area contributed by atoms with E-state index in [0.29, 0.717) is 34.5 Å². The van der Waals surface area contributed by atoms with E-state index in [2.05, 4.69) is 4.72 Å². The number of rotatable bonds is 9. The quantitative estimate of drug-likeness (QED) is 0.196. The minimum atomic E-state index is -4.91. The number of benzene rings is 3. The zero-order valence-corrected chi connectivity index (χ0v) is 23.5. The molecule has 0 radical (unpaired) electrons. The van der Waals surface area contributed by atoms with Gasteiger partial charge >= 0.3 is 12.4 Å². The van der Waals surface area contributed by atoms with E-state index < -0.39 is 39.2 Å². The van der Waals surface area contributed by atoms with Crippen molar-refractivity contribution in [2.45, 2.75) is 45.2 Å². The first-order valence-electron chi connectivity index (χ1n) is 12.7. The fourth-order valence-corrected chi connectivity index (χ4v) is 5.81. The molecule has 1 heterocycles. The Morgan fingerprint density at radius 2 is 1.45 bits per heavy atom. The largest absolute Gasteiger partial charge is 0.439 e. The molecule has 3 aromatic carbocycles. The molecule has 0 aliphatic carbocycles. The molecule has 0 aliphatic rings. The number of ether oxygens (including phenoxy) is 1. The van der Waals surface area contributed by atoms with Crippen molar-refractivity contribution in [3.63, 3.8) is 0 Å². The van der Waals surface area contributed by atoms with Crippen LogP contribution in [0.4, 0.5) is 26.3 Å². The third kappa shape index (κ3) is 7.32. The molecular formula is C29H27F6N3O3S. The lowest BCUT2D eigenvalue weighted by Gasteiger charge is -2.27. The molecule has 0 fully saturated rings. The second kappa shape index (κ2) is 11.4. The van der Waals surface area contributed by atoms with Crippen LogP contribution in [0.25, 0.3) is 22.4 Å². The zero-order chi connectivity index (χ0) is 30.9. The number of hydrogen-bond acceptors (Lipinski definition) is 4. The van der Waals surface area contributed by atoms with Crippen molar-refractivity contribution in [2.24, 2.45) is 0 Å². The van der Waals surface area contributed by atoms with Crippen LogP contribution in [0, 0.1) is 0 Å². The maximum atomic E-state index is 13.1. The van der Waals surface area contributed by atoms with Crippen LogP contribution >= 0.6 is 0 Å². The van der Waals surface area contributed by atoms with Gasteiger partial charge in [0.25, 0.3) is 0 Å². The fraction of sp³-hybridized carbons (Fsp3) is 0.276. The smallest absolute Gasteiger partial charge is 0.416 e. The van der Waals surface area contributed by atoms with E-state index in [1.165, 1.54) is 26.0 Å². The van der Waals surface area contributed by atoms with E-state index in [9.17, 15) is 34.8 Å². The van der Waals surface area contributed by atoms with E-state index in [-0.39, 0.29) is 11.6 Å². The molecule has 6 nitrogen and oxygen atoms in total. The Bertz CT molecular complexity index is 1650. The zero-order valence-electron chi connectivity index (χ0n) is 22.7. The summed E-state index contributed by atoms with van der Waals surface area (Å²) >= 11 is 0. The number of alkyl halides is 6. The summed E-state index contributed by atoms with van der Waals surface area (Å²) in [6, 6.07) is 19.8. The topological polar surface area (TPSA) is 73.2 Å². The number of halogens is 6. The minimum Gasteiger partial charge on any atom is -0.439 e. The first kappa shape index (κ1) is 31.1. The molecule has 0 bridgehead atoms. The van der Waals surface area contributed by atoms with E-state index >= 15 is 0 Å². The van der Waals surface area contributed by atoms with Crippen LogP contribution in [0.5, 0.6) is 11.6 Å². The average Bonchev–Trinajstić information content (AvgIpc) is 3.25. The Morgan fingerprint density at radius 3 is 2.02 bits per heavy atom. The van der Waals surface area contributed by atoms with Gasteiger partial charge in [0, 0.05) is 12.1 Å². The van der Waals surface area contributed by atoms with Crippen molar-refractivity contribution < 1.29 is 39.5 Å². The molecule has 0 saturated heterocycles. The third-order valence-corrected chi connectivity index (χ3v) is 7.81. The van der Waals surface area contributed by atoms with E-state index in [0.717, 1.165) is 12.1 Å². The Morgan fingerprint density at radius 1 is 0.833 bits per heavy atom. The van der Waals surface area contributed by atoms with E-state index in [1.807, 2.05) is 0 Å². The van der Waals surface area contributed by atoms with Crippen LogP contribution in [0.1, 0.15) is 31.9 Å². The highest BCUT2D eigenvalue weighted by Crippen LogP contribution is 2.42. The van der Waals surface area contributed by atoms with Crippen molar-refractivity contribution in [1.82, 2.24) is 14.5 Å². The highest BCUT2D eigenvalue weighted by molar-refractivity contribution is 7.89. The third-order valence-electron chi connectivity index (χ3n) is 6.29. The minimum absolute atomic E-state index is 0.148. The number of nitrogens with zero attached hydrogens (tertiary/aromatic N) is 2. The Balaban J connectivity index is 1.80. The second-order valence-corrected chi connectivity index (χ2v) is 11.7. The predicted octanol–water partition coefficient (Wildman–Crippen LogP) is 7.76. The highest BCUT2D eigenvalue weighted by Gasteiger charge is 2.38. The molecule has 1 aromatic heterocycles. The molecule has 0 atom stereocenters. The van der Waals surface area contributed by atoms with Crippen molar-refractivity contribution in [1.29, 1.82) is 0 Å². The molecule has 13 heteroatoms. The lowest BCUT2D eigenvalue weighted by molar-refractivity contribution is -0.137. The van der Waals surface area contributed by atoms with Crippen molar-refractivity contribution in [3.05, 3.63) is 90.0 Å². The van der Waals surface area contributed by atoms with Crippen molar-refractivity contribution >= 4 is 10.0 Å². The number of aryl methyl sites for hydroxylation is 1. The Hall–Kier alpha value is -3.84. The van der Waals surface area contributed by atoms with Gasteiger partial charge in [0.1, 0.15) is 11.4 Å². The van der Waals surface area contributed by atoms with Crippen LogP contribution in [-0.4, -0.2) is 30.1 Å². The summed E-state index contributed by atoms with van der Waals surface area (Å²) < 4.78 is 112. The van der Waals surface area contributed by atoms with Crippen molar-refractivity contribution in [2.75, 3.05) is 5.75 Å². The van der Waals surface area contributed by atoms with E-state index in [1.54, 1.807) is 66.2 Å². The van der Waals surface area contributed by atoms with Gasteiger partial charge in [-0.15, -0.1) is 0 Å². The summed E-state index contributed by atoms with van der Waals surface area (Å²) in [5.41, 5.74) is 0.267. The Kier molecular flexibility index (Phi) is 8.47. The lowest BCUT2D eigenvalue weighted by atomic mass is 9.92. The molecule has 0 aliphatic heterocycles. The average molecular weight is 612 g/mol. The molecular weight excluding hydrogens is 584 g/mol. The number of aromatic nitrogens is 2. The summed E-state index contributed by atoms with van der Waals surface area (Å²) in [5, 5.41) is 4.70. The molecule has 224 valence electrons. The van der Waals surface area contributed by atoms with Gasteiger partial charge in [0.05, 0.1) is 16.7 Å². The van der Waals surface area contributed by atoms with Gasteiger partial charge in [0.15, 0.2) is 5.75 Å². The normalized spacial score (nSPS) is 12.9. The first-order chi connectivity index (χ1) is 19.5. The molecule has 4 aromatic rings.